The summed E-state index contributed by atoms with van der Waals surface area (Å²) in [5.41, 5.74) is 0.996. The molecule has 2 N–H and O–H groups in total. The molecule has 2 heterocycles. The summed E-state index contributed by atoms with van der Waals surface area (Å²) in [5, 5.41) is 7.09. The summed E-state index contributed by atoms with van der Waals surface area (Å²) in [4.78, 5) is 2.21. The fourth-order valence-corrected chi connectivity index (χ4v) is 4.77. The van der Waals surface area contributed by atoms with Gasteiger partial charge in [-0.3, -0.25) is 4.68 Å². The molecule has 0 unspecified atom stereocenters. The van der Waals surface area contributed by atoms with Crippen molar-refractivity contribution in [1.82, 2.24) is 19.8 Å². The normalized spacial score (nSPS) is 12.0. The van der Waals surface area contributed by atoms with E-state index in [0.29, 0.717) is 24.4 Å². The molecule has 6 nitrogen and oxygen atoms in total. The lowest BCUT2D eigenvalue weighted by molar-refractivity contribution is 0.579. The second kappa shape index (κ2) is 6.69. The average Bonchev–Trinajstić information content (AvgIpc) is 2.97. The Labute approximate surface area is 129 Å². The van der Waals surface area contributed by atoms with Crippen molar-refractivity contribution in [1.29, 1.82) is 0 Å². The van der Waals surface area contributed by atoms with Gasteiger partial charge in [0.1, 0.15) is 0 Å². The Hall–Kier alpha value is -1.22. The fraction of sp³-hybridized carbons (Fsp3) is 0.462. The lowest BCUT2D eigenvalue weighted by Crippen LogP contribution is -2.26. The van der Waals surface area contributed by atoms with E-state index in [9.17, 15) is 8.42 Å². The molecule has 2 rings (SSSR count). The van der Waals surface area contributed by atoms with Gasteiger partial charge in [0, 0.05) is 48.2 Å². The van der Waals surface area contributed by atoms with Crippen molar-refractivity contribution < 1.29 is 8.42 Å². The monoisotopic (exact) mass is 328 g/mol. The minimum Gasteiger partial charge on any atom is -0.315 e. The van der Waals surface area contributed by atoms with Gasteiger partial charge in [0.05, 0.1) is 4.90 Å². The Balaban J connectivity index is 2.03. The van der Waals surface area contributed by atoms with Crippen molar-refractivity contribution in [2.45, 2.75) is 24.8 Å². The van der Waals surface area contributed by atoms with E-state index in [1.165, 1.54) is 11.3 Å². The predicted molar refractivity (Wildman–Crippen MR) is 83.9 cm³/mol. The molecule has 0 aliphatic carbocycles. The van der Waals surface area contributed by atoms with E-state index in [1.54, 1.807) is 16.9 Å². The number of aryl methyl sites for hydroxylation is 2. The molecule has 0 atom stereocenters. The Bertz CT molecular complexity index is 704. The molecule has 21 heavy (non-hydrogen) atoms. The van der Waals surface area contributed by atoms with Crippen LogP contribution in [-0.4, -0.2) is 31.8 Å². The summed E-state index contributed by atoms with van der Waals surface area (Å²) in [6, 6.07) is 3.62. The summed E-state index contributed by atoms with van der Waals surface area (Å²) >= 11 is 1.50. The second-order valence-corrected chi connectivity index (χ2v) is 7.83. The van der Waals surface area contributed by atoms with Crippen LogP contribution in [0.1, 0.15) is 15.4 Å². The molecule has 0 aromatic carbocycles. The summed E-state index contributed by atoms with van der Waals surface area (Å²) in [6.45, 7) is 2.87. The summed E-state index contributed by atoms with van der Waals surface area (Å²) in [5.74, 6) is 0. The third-order valence-corrected chi connectivity index (χ3v) is 5.93. The number of thiophene rings is 1. The summed E-state index contributed by atoms with van der Waals surface area (Å²) in [6.07, 6.45) is 2.32. The van der Waals surface area contributed by atoms with Gasteiger partial charge in [-0.1, -0.05) is 0 Å². The molecule has 116 valence electrons. The lowest BCUT2D eigenvalue weighted by atomic mass is 10.3. The lowest BCUT2D eigenvalue weighted by Gasteiger charge is -2.06. The highest BCUT2D eigenvalue weighted by molar-refractivity contribution is 7.89. The van der Waals surface area contributed by atoms with E-state index in [4.69, 9.17) is 0 Å². The molecule has 0 radical (unpaired) electrons. The van der Waals surface area contributed by atoms with Crippen LogP contribution in [0.15, 0.2) is 23.2 Å². The molecular weight excluding hydrogens is 308 g/mol. The van der Waals surface area contributed by atoms with Gasteiger partial charge in [-0.2, -0.15) is 5.10 Å². The first-order valence-electron chi connectivity index (χ1n) is 6.64. The summed E-state index contributed by atoms with van der Waals surface area (Å²) in [7, 11) is 0.235. The van der Waals surface area contributed by atoms with Crippen molar-refractivity contribution >= 4 is 21.4 Å². The molecular formula is C13H20N4O2S2. The van der Waals surface area contributed by atoms with Gasteiger partial charge < -0.3 is 5.32 Å². The zero-order valence-corrected chi connectivity index (χ0v) is 14.0. The average molecular weight is 328 g/mol. The van der Waals surface area contributed by atoms with Crippen LogP contribution >= 0.6 is 11.3 Å². The highest BCUT2D eigenvalue weighted by Gasteiger charge is 2.19. The largest absolute Gasteiger partial charge is 0.315 e. The van der Waals surface area contributed by atoms with Crippen molar-refractivity contribution in [2.75, 3.05) is 13.6 Å². The van der Waals surface area contributed by atoms with Gasteiger partial charge in [-0.15, -0.1) is 11.3 Å². The van der Waals surface area contributed by atoms with Crippen molar-refractivity contribution in [2.24, 2.45) is 7.05 Å². The smallest absolute Gasteiger partial charge is 0.241 e. The zero-order chi connectivity index (χ0) is 15.5. The number of rotatable bonds is 7. The van der Waals surface area contributed by atoms with Gasteiger partial charge in [0.2, 0.25) is 10.0 Å². The maximum Gasteiger partial charge on any atom is 0.241 e. The first-order valence-corrected chi connectivity index (χ1v) is 8.94. The number of hydrogen-bond donors (Lipinski definition) is 2. The maximum atomic E-state index is 12.3. The number of sulfonamides is 1. The Morgan fingerprint density at radius 1 is 1.43 bits per heavy atom. The van der Waals surface area contributed by atoms with Crippen LogP contribution in [0.25, 0.3) is 0 Å². The van der Waals surface area contributed by atoms with Crippen LogP contribution < -0.4 is 10.0 Å². The number of nitrogens with one attached hydrogen (secondary N) is 2. The second-order valence-electron chi connectivity index (χ2n) is 4.76. The molecule has 0 bridgehead atoms. The van der Waals surface area contributed by atoms with Crippen LogP contribution in [0.5, 0.6) is 0 Å². The molecule has 0 fully saturated rings. The van der Waals surface area contributed by atoms with Crippen LogP contribution in [0, 0.1) is 6.92 Å². The molecule has 0 spiro atoms. The molecule has 0 saturated carbocycles. The topological polar surface area (TPSA) is 76.0 Å². The quantitative estimate of drug-likeness (QED) is 0.796. The molecule has 2 aromatic heterocycles. The van der Waals surface area contributed by atoms with Crippen LogP contribution in [0.2, 0.25) is 0 Å². The highest BCUT2D eigenvalue weighted by atomic mass is 32.2. The molecule has 8 heteroatoms. The van der Waals surface area contributed by atoms with Gasteiger partial charge in [-0.05, 0) is 26.1 Å². The minimum absolute atomic E-state index is 0.360. The van der Waals surface area contributed by atoms with E-state index >= 15 is 0 Å². The van der Waals surface area contributed by atoms with Gasteiger partial charge in [-0.25, -0.2) is 13.1 Å². The van der Waals surface area contributed by atoms with Crippen LogP contribution in [-0.2, 0) is 30.0 Å². The van der Waals surface area contributed by atoms with Crippen LogP contribution in [0.4, 0.5) is 0 Å². The predicted octanol–water partition coefficient (Wildman–Crippen LogP) is 1.03. The minimum atomic E-state index is -3.45. The first-order chi connectivity index (χ1) is 9.94. The Kier molecular flexibility index (Phi) is 5.15. The number of aromatic nitrogens is 2. The van der Waals surface area contributed by atoms with Crippen molar-refractivity contribution in [3.05, 3.63) is 33.8 Å². The molecule has 2 aromatic rings. The Morgan fingerprint density at radius 3 is 2.81 bits per heavy atom. The van der Waals surface area contributed by atoms with Crippen LogP contribution in [0.3, 0.4) is 0 Å². The maximum absolute atomic E-state index is 12.3. The van der Waals surface area contributed by atoms with Gasteiger partial charge >= 0.3 is 0 Å². The zero-order valence-electron chi connectivity index (χ0n) is 12.4. The standard InChI is InChI=1S/C13H20N4O2S2/c1-10-13(8-12(20-10)9-14-2)21(18,19)16-7-5-11-4-6-15-17(11)3/h4,6,8,14,16H,5,7,9H2,1-3H3. The fourth-order valence-electron chi connectivity index (χ4n) is 2.09. The third-order valence-electron chi connectivity index (χ3n) is 3.16. The highest BCUT2D eigenvalue weighted by Crippen LogP contribution is 2.25. The van der Waals surface area contributed by atoms with E-state index in [1.807, 2.05) is 27.1 Å². The molecule has 0 saturated heterocycles. The van der Waals surface area contributed by atoms with Crippen molar-refractivity contribution in [3.63, 3.8) is 0 Å². The van der Waals surface area contributed by atoms with Gasteiger partial charge in [0.15, 0.2) is 0 Å². The van der Waals surface area contributed by atoms with E-state index in [-0.39, 0.29) is 0 Å². The number of nitrogens with zero attached hydrogens (tertiary/aromatic N) is 2. The molecule has 0 amide bonds. The molecule has 0 aliphatic heterocycles. The molecule has 0 aliphatic rings. The van der Waals surface area contributed by atoms with Crippen molar-refractivity contribution in [3.8, 4) is 0 Å². The van der Waals surface area contributed by atoms with Gasteiger partial charge in [0.25, 0.3) is 0 Å². The van der Waals surface area contributed by atoms with E-state index in [0.717, 1.165) is 15.4 Å². The third kappa shape index (κ3) is 3.91. The number of hydrogen-bond acceptors (Lipinski definition) is 5. The first kappa shape index (κ1) is 16.2. The summed E-state index contributed by atoms with van der Waals surface area (Å²) < 4.78 is 29.1. The van der Waals surface area contributed by atoms with E-state index in [2.05, 4.69) is 15.1 Å². The SMILES string of the molecule is CNCc1cc(S(=O)(=O)NCCc2ccnn2C)c(C)s1. The Morgan fingerprint density at radius 2 is 2.19 bits per heavy atom. The van der Waals surface area contributed by atoms with E-state index < -0.39 is 10.0 Å².